The molecule has 3 heterocycles. The summed E-state index contributed by atoms with van der Waals surface area (Å²) < 4.78 is 1.90. The third-order valence-electron chi connectivity index (χ3n) is 4.36. The molecule has 0 radical (unpaired) electrons. The van der Waals surface area contributed by atoms with Crippen LogP contribution in [0.4, 0.5) is 0 Å². The molecule has 2 aliphatic rings. The summed E-state index contributed by atoms with van der Waals surface area (Å²) in [6.07, 6.45) is 7.63. The first-order valence-electron chi connectivity index (χ1n) is 6.75. The van der Waals surface area contributed by atoms with Crippen LogP contribution in [0.3, 0.4) is 0 Å². The number of rotatable bonds is 2. The van der Waals surface area contributed by atoms with E-state index in [9.17, 15) is 4.79 Å². The van der Waals surface area contributed by atoms with Crippen molar-refractivity contribution >= 4 is 11.4 Å². The molecule has 2 fully saturated rings. The molecule has 1 aliphatic heterocycles. The van der Waals surface area contributed by atoms with Gasteiger partial charge in [0.15, 0.2) is 0 Å². The minimum absolute atomic E-state index is 0.0289. The number of piperidine rings is 1. The van der Waals surface area contributed by atoms with Gasteiger partial charge in [-0.25, -0.2) is 4.98 Å². The van der Waals surface area contributed by atoms with Crippen molar-refractivity contribution in [2.24, 2.45) is 5.92 Å². The van der Waals surface area contributed by atoms with Gasteiger partial charge in [0.05, 0.1) is 18.0 Å². The number of nitrogens with one attached hydrogen (secondary N) is 2. The first-order valence-corrected chi connectivity index (χ1v) is 6.75. The largest absolute Gasteiger partial charge is 0.349 e. The Morgan fingerprint density at radius 2 is 2.42 bits per heavy atom. The minimum Gasteiger partial charge on any atom is -0.349 e. The molecule has 1 saturated heterocycles. The summed E-state index contributed by atoms with van der Waals surface area (Å²) in [5.41, 5.74) is 1.66. The number of pyridine rings is 1. The van der Waals surface area contributed by atoms with Gasteiger partial charge in [-0.05, 0) is 30.9 Å². The average molecular weight is 256 g/mol. The number of hydrogen-bond acceptors (Lipinski definition) is 3. The zero-order valence-electron chi connectivity index (χ0n) is 10.5. The topological polar surface area (TPSA) is 58.4 Å². The Bertz CT molecular complexity index is 635. The first kappa shape index (κ1) is 11.0. The van der Waals surface area contributed by atoms with E-state index in [4.69, 9.17) is 0 Å². The van der Waals surface area contributed by atoms with E-state index in [1.807, 2.05) is 22.7 Å². The Kier molecular flexibility index (Phi) is 2.35. The smallest absolute Gasteiger partial charge is 0.251 e. The zero-order chi connectivity index (χ0) is 12.8. The zero-order valence-corrected chi connectivity index (χ0v) is 10.5. The Balaban J connectivity index is 1.53. The van der Waals surface area contributed by atoms with Crippen molar-refractivity contribution in [3.05, 3.63) is 36.4 Å². The van der Waals surface area contributed by atoms with Gasteiger partial charge in [-0.2, -0.15) is 0 Å². The molecule has 2 bridgehead atoms. The van der Waals surface area contributed by atoms with E-state index in [1.165, 1.54) is 6.42 Å². The number of nitrogens with zero attached hydrogens (tertiary/aromatic N) is 2. The maximum Gasteiger partial charge on any atom is 0.251 e. The van der Waals surface area contributed by atoms with E-state index < -0.39 is 0 Å². The number of fused-ring (bicyclic) bond motifs is 3. The van der Waals surface area contributed by atoms with Crippen molar-refractivity contribution in [2.75, 3.05) is 6.54 Å². The van der Waals surface area contributed by atoms with Gasteiger partial charge in [0, 0.05) is 30.4 Å². The van der Waals surface area contributed by atoms with Crippen LogP contribution in [0.2, 0.25) is 0 Å². The van der Waals surface area contributed by atoms with Gasteiger partial charge >= 0.3 is 0 Å². The Hall–Kier alpha value is -1.88. The average Bonchev–Trinajstić information content (AvgIpc) is 3.13. The van der Waals surface area contributed by atoms with Gasteiger partial charge in [0.1, 0.15) is 0 Å². The highest BCUT2D eigenvalue weighted by Crippen LogP contribution is 2.31. The van der Waals surface area contributed by atoms with Crippen LogP contribution in [-0.4, -0.2) is 33.9 Å². The van der Waals surface area contributed by atoms with Crippen LogP contribution >= 0.6 is 0 Å². The predicted molar refractivity (Wildman–Crippen MR) is 71.0 cm³/mol. The molecule has 4 rings (SSSR count). The molecule has 0 aromatic carbocycles. The monoisotopic (exact) mass is 256 g/mol. The molecule has 1 aliphatic carbocycles. The van der Waals surface area contributed by atoms with E-state index in [-0.39, 0.29) is 5.91 Å². The normalized spacial score (nSPS) is 28.9. The van der Waals surface area contributed by atoms with Gasteiger partial charge in [0.2, 0.25) is 0 Å². The fourth-order valence-corrected chi connectivity index (χ4v) is 3.32. The van der Waals surface area contributed by atoms with Crippen LogP contribution < -0.4 is 10.6 Å². The van der Waals surface area contributed by atoms with Gasteiger partial charge in [-0.15, -0.1) is 0 Å². The maximum absolute atomic E-state index is 12.3. The van der Waals surface area contributed by atoms with Crippen LogP contribution in [0.25, 0.3) is 5.52 Å². The molecular formula is C14H16N4O. The standard InChI is InChI=1S/C14H16N4O/c19-14(17-13-5-11-3-10(13)6-16-11)9-1-2-18-8-15-7-12(18)4-9/h1-2,4,7-8,10-11,13,16H,3,5-6H2,(H,17,19)/t10-,11+,13+/m1/s1. The summed E-state index contributed by atoms with van der Waals surface area (Å²) in [7, 11) is 0. The molecule has 2 aromatic heterocycles. The summed E-state index contributed by atoms with van der Waals surface area (Å²) in [5.74, 6) is 0.633. The van der Waals surface area contributed by atoms with E-state index in [0.29, 0.717) is 23.6 Å². The third kappa shape index (κ3) is 1.81. The molecule has 98 valence electrons. The van der Waals surface area contributed by atoms with Gasteiger partial charge in [0.25, 0.3) is 5.91 Å². The summed E-state index contributed by atoms with van der Waals surface area (Å²) in [4.78, 5) is 16.3. The maximum atomic E-state index is 12.3. The van der Waals surface area contributed by atoms with E-state index in [0.717, 1.165) is 18.5 Å². The van der Waals surface area contributed by atoms with Crippen LogP contribution in [0.15, 0.2) is 30.9 Å². The first-order chi connectivity index (χ1) is 9.29. The lowest BCUT2D eigenvalue weighted by Gasteiger charge is -2.23. The molecule has 5 nitrogen and oxygen atoms in total. The van der Waals surface area contributed by atoms with Crippen molar-refractivity contribution in [1.29, 1.82) is 0 Å². The Morgan fingerprint density at radius 1 is 1.47 bits per heavy atom. The summed E-state index contributed by atoms with van der Waals surface area (Å²) in [6, 6.07) is 4.66. The van der Waals surface area contributed by atoms with E-state index in [1.54, 1.807) is 12.5 Å². The quantitative estimate of drug-likeness (QED) is 0.836. The van der Waals surface area contributed by atoms with Crippen LogP contribution in [0.1, 0.15) is 23.2 Å². The minimum atomic E-state index is 0.0289. The van der Waals surface area contributed by atoms with Crippen LogP contribution in [-0.2, 0) is 0 Å². The highest BCUT2D eigenvalue weighted by molar-refractivity contribution is 5.95. The highest BCUT2D eigenvalue weighted by Gasteiger charge is 2.40. The lowest BCUT2D eigenvalue weighted by atomic mass is 10.0. The fraction of sp³-hybridized carbons (Fsp3) is 0.429. The Labute approximate surface area is 111 Å². The molecule has 0 unspecified atom stereocenters. The van der Waals surface area contributed by atoms with E-state index >= 15 is 0 Å². The number of hydrogen-bond donors (Lipinski definition) is 2. The molecular weight excluding hydrogens is 240 g/mol. The summed E-state index contributed by atoms with van der Waals surface area (Å²) in [5, 5.41) is 6.63. The highest BCUT2D eigenvalue weighted by atomic mass is 16.1. The van der Waals surface area contributed by atoms with Crippen molar-refractivity contribution in [3.8, 4) is 0 Å². The van der Waals surface area contributed by atoms with Crippen molar-refractivity contribution in [3.63, 3.8) is 0 Å². The third-order valence-corrected chi connectivity index (χ3v) is 4.36. The number of carbonyl (C=O) groups excluding carboxylic acids is 1. The molecule has 0 spiro atoms. The second kappa shape index (κ2) is 4.06. The molecule has 5 heteroatoms. The SMILES string of the molecule is O=C(N[C@H]1C[C@@H]2C[C@@H]1CN2)c1ccn2cncc2c1. The molecule has 1 saturated carbocycles. The second-order valence-corrected chi connectivity index (χ2v) is 5.56. The predicted octanol–water partition coefficient (Wildman–Crippen LogP) is 0.814. The van der Waals surface area contributed by atoms with Crippen molar-refractivity contribution in [1.82, 2.24) is 20.0 Å². The van der Waals surface area contributed by atoms with Crippen LogP contribution in [0, 0.1) is 5.92 Å². The molecule has 1 amide bonds. The van der Waals surface area contributed by atoms with Gasteiger partial charge < -0.3 is 15.0 Å². The molecule has 2 aromatic rings. The number of aromatic nitrogens is 2. The van der Waals surface area contributed by atoms with Crippen molar-refractivity contribution in [2.45, 2.75) is 24.9 Å². The lowest BCUT2D eigenvalue weighted by molar-refractivity contribution is 0.0925. The Morgan fingerprint density at radius 3 is 3.21 bits per heavy atom. The van der Waals surface area contributed by atoms with Gasteiger partial charge in [-0.3, -0.25) is 4.79 Å². The summed E-state index contributed by atoms with van der Waals surface area (Å²) in [6.45, 7) is 1.04. The number of imidazole rings is 1. The molecule has 3 atom stereocenters. The molecule has 19 heavy (non-hydrogen) atoms. The molecule has 2 N–H and O–H groups in total. The van der Waals surface area contributed by atoms with Crippen LogP contribution in [0.5, 0.6) is 0 Å². The van der Waals surface area contributed by atoms with Crippen molar-refractivity contribution < 1.29 is 4.79 Å². The fourth-order valence-electron chi connectivity index (χ4n) is 3.32. The number of carbonyl (C=O) groups is 1. The summed E-state index contributed by atoms with van der Waals surface area (Å²) >= 11 is 0. The number of amides is 1. The second-order valence-electron chi connectivity index (χ2n) is 5.56. The van der Waals surface area contributed by atoms with E-state index in [2.05, 4.69) is 15.6 Å². The lowest BCUT2D eigenvalue weighted by Crippen LogP contribution is -2.44. The van der Waals surface area contributed by atoms with Gasteiger partial charge in [-0.1, -0.05) is 0 Å².